The molecule has 3 aromatic heterocycles. The van der Waals surface area contributed by atoms with Crippen molar-refractivity contribution in [1.29, 1.82) is 0 Å². The number of hydrogen-bond donors (Lipinski definition) is 0. The summed E-state index contributed by atoms with van der Waals surface area (Å²) in [6.07, 6.45) is 2.51. The van der Waals surface area contributed by atoms with Gasteiger partial charge in [-0.15, -0.1) is 21.5 Å². The average Bonchev–Trinajstić information content (AvgIpc) is 2.94. The maximum Gasteiger partial charge on any atom is 0.191 e. The predicted octanol–water partition coefficient (Wildman–Crippen LogP) is 4.17. The fourth-order valence-electron chi connectivity index (χ4n) is 2.18. The van der Waals surface area contributed by atoms with Crippen molar-refractivity contribution in [3.05, 3.63) is 33.7 Å². The largest absolute Gasteiger partial charge is 0.309 e. The summed E-state index contributed by atoms with van der Waals surface area (Å²) in [6, 6.07) is 2.12. The third kappa shape index (κ3) is 2.77. The quantitative estimate of drug-likeness (QED) is 0.657. The van der Waals surface area contributed by atoms with E-state index in [0.29, 0.717) is 5.92 Å². The van der Waals surface area contributed by atoms with Crippen molar-refractivity contribution in [2.24, 2.45) is 7.05 Å². The Morgan fingerprint density at radius 1 is 1.33 bits per heavy atom. The van der Waals surface area contributed by atoms with Crippen LogP contribution in [0.4, 0.5) is 0 Å². The zero-order valence-corrected chi connectivity index (χ0v) is 14.0. The molecule has 0 saturated heterocycles. The number of nitrogens with zero attached hydrogens (tertiary/aromatic N) is 4. The summed E-state index contributed by atoms with van der Waals surface area (Å²) in [7, 11) is 2.06. The maximum absolute atomic E-state index is 4.70. The Morgan fingerprint density at radius 3 is 3.00 bits per heavy atom. The highest BCUT2D eigenvalue weighted by molar-refractivity contribution is 7.98. The molecule has 1 aliphatic carbocycles. The molecule has 3 aromatic rings. The van der Waals surface area contributed by atoms with Crippen LogP contribution in [-0.2, 0) is 12.8 Å². The Hall–Kier alpha value is -1.18. The lowest BCUT2D eigenvalue weighted by Gasteiger charge is -2.01. The summed E-state index contributed by atoms with van der Waals surface area (Å²) in [6.45, 7) is 0. The molecule has 0 aliphatic heterocycles. The van der Waals surface area contributed by atoms with E-state index < -0.39 is 0 Å². The molecule has 0 atom stereocenters. The van der Waals surface area contributed by atoms with Crippen molar-refractivity contribution in [1.82, 2.24) is 19.7 Å². The van der Waals surface area contributed by atoms with Crippen molar-refractivity contribution >= 4 is 34.4 Å². The highest BCUT2D eigenvalue weighted by Crippen LogP contribution is 2.39. The molecule has 108 valence electrons. The van der Waals surface area contributed by atoms with Crippen molar-refractivity contribution in [2.75, 3.05) is 0 Å². The van der Waals surface area contributed by atoms with Gasteiger partial charge in [0.2, 0.25) is 0 Å². The lowest BCUT2D eigenvalue weighted by atomic mass is 10.4. The molecule has 0 radical (unpaired) electrons. The van der Waals surface area contributed by atoms with Crippen molar-refractivity contribution in [2.45, 2.75) is 29.7 Å². The Bertz CT molecular complexity index is 740. The average molecular weight is 334 g/mol. The van der Waals surface area contributed by atoms with E-state index in [1.54, 1.807) is 34.4 Å². The van der Waals surface area contributed by atoms with Gasteiger partial charge in [-0.05, 0) is 24.3 Å². The lowest BCUT2D eigenvalue weighted by Crippen LogP contribution is -1.97. The highest BCUT2D eigenvalue weighted by Gasteiger charge is 2.29. The number of hydrogen-bond acceptors (Lipinski definition) is 6. The van der Waals surface area contributed by atoms with Crippen LogP contribution in [-0.4, -0.2) is 19.7 Å². The summed E-state index contributed by atoms with van der Waals surface area (Å²) in [5.74, 6) is 2.62. The minimum Gasteiger partial charge on any atom is -0.309 e. The van der Waals surface area contributed by atoms with Crippen LogP contribution in [0.3, 0.4) is 0 Å². The minimum absolute atomic E-state index is 0.640. The van der Waals surface area contributed by atoms with Gasteiger partial charge in [0.1, 0.15) is 10.8 Å². The molecule has 4 nitrogen and oxygen atoms in total. The first-order valence-corrected chi connectivity index (χ1v) is 9.61. The van der Waals surface area contributed by atoms with E-state index in [9.17, 15) is 0 Å². The molecule has 0 bridgehead atoms. The van der Waals surface area contributed by atoms with Gasteiger partial charge in [0.05, 0.1) is 5.69 Å². The molecular weight excluding hydrogens is 320 g/mol. The van der Waals surface area contributed by atoms with Gasteiger partial charge in [0.25, 0.3) is 0 Å². The molecular formula is C14H14N4S3. The van der Waals surface area contributed by atoms with Gasteiger partial charge in [-0.3, -0.25) is 0 Å². The zero-order chi connectivity index (χ0) is 14.2. The van der Waals surface area contributed by atoms with E-state index in [0.717, 1.165) is 27.4 Å². The predicted molar refractivity (Wildman–Crippen MR) is 88.0 cm³/mol. The number of thiazole rings is 1. The smallest absolute Gasteiger partial charge is 0.191 e. The SMILES string of the molecule is Cn1c(SCc2csc(-c3ccsc3)n2)nnc1C1CC1. The first kappa shape index (κ1) is 13.5. The Morgan fingerprint density at radius 2 is 2.24 bits per heavy atom. The molecule has 0 N–H and O–H groups in total. The van der Waals surface area contributed by atoms with E-state index in [4.69, 9.17) is 4.98 Å². The van der Waals surface area contributed by atoms with Crippen LogP contribution < -0.4 is 0 Å². The van der Waals surface area contributed by atoms with Gasteiger partial charge in [-0.2, -0.15) is 11.3 Å². The normalized spacial score (nSPS) is 14.7. The monoisotopic (exact) mass is 334 g/mol. The number of thiophene rings is 1. The Labute approximate surface area is 135 Å². The topological polar surface area (TPSA) is 43.6 Å². The Kier molecular flexibility index (Phi) is 3.56. The second kappa shape index (κ2) is 5.55. The van der Waals surface area contributed by atoms with E-state index in [1.165, 1.54) is 18.4 Å². The summed E-state index contributed by atoms with van der Waals surface area (Å²) >= 11 is 5.13. The molecule has 7 heteroatoms. The van der Waals surface area contributed by atoms with E-state index >= 15 is 0 Å². The molecule has 1 fully saturated rings. The fraction of sp³-hybridized carbons (Fsp3) is 0.357. The maximum atomic E-state index is 4.70. The van der Waals surface area contributed by atoms with Crippen LogP contribution in [0.5, 0.6) is 0 Å². The van der Waals surface area contributed by atoms with E-state index in [1.807, 2.05) is 0 Å². The van der Waals surface area contributed by atoms with Crippen LogP contribution in [0.1, 0.15) is 30.3 Å². The van der Waals surface area contributed by atoms with Gasteiger partial charge in [0, 0.05) is 35.0 Å². The summed E-state index contributed by atoms with van der Waals surface area (Å²) in [5, 5.41) is 17.1. The Balaban J connectivity index is 1.45. The first-order chi connectivity index (χ1) is 10.3. The first-order valence-electron chi connectivity index (χ1n) is 6.80. The third-order valence-corrected chi connectivity index (χ3v) is 6.16. The van der Waals surface area contributed by atoms with Crippen LogP contribution in [0.25, 0.3) is 10.6 Å². The molecule has 1 aliphatic rings. The van der Waals surface area contributed by atoms with Gasteiger partial charge >= 0.3 is 0 Å². The molecule has 21 heavy (non-hydrogen) atoms. The summed E-state index contributed by atoms with van der Waals surface area (Å²) in [4.78, 5) is 4.70. The number of thioether (sulfide) groups is 1. The molecule has 0 amide bonds. The van der Waals surface area contributed by atoms with Gasteiger partial charge in [0.15, 0.2) is 5.16 Å². The minimum atomic E-state index is 0.640. The van der Waals surface area contributed by atoms with Gasteiger partial charge < -0.3 is 4.57 Å². The molecule has 3 heterocycles. The van der Waals surface area contributed by atoms with E-state index in [-0.39, 0.29) is 0 Å². The molecule has 0 unspecified atom stereocenters. The lowest BCUT2D eigenvalue weighted by molar-refractivity contribution is 0.736. The molecule has 0 spiro atoms. The third-order valence-electron chi connectivity index (χ3n) is 3.48. The van der Waals surface area contributed by atoms with Crippen molar-refractivity contribution in [3.8, 4) is 10.6 Å². The number of rotatable bonds is 5. The van der Waals surface area contributed by atoms with Crippen LogP contribution in [0.2, 0.25) is 0 Å². The van der Waals surface area contributed by atoms with Crippen LogP contribution in [0.15, 0.2) is 27.4 Å². The van der Waals surface area contributed by atoms with Crippen molar-refractivity contribution in [3.63, 3.8) is 0 Å². The second-order valence-corrected chi connectivity index (χ2v) is 7.70. The second-order valence-electron chi connectivity index (χ2n) is 5.12. The zero-order valence-electron chi connectivity index (χ0n) is 11.5. The number of aromatic nitrogens is 4. The van der Waals surface area contributed by atoms with Crippen LogP contribution >= 0.6 is 34.4 Å². The molecule has 4 rings (SSSR count). The highest BCUT2D eigenvalue weighted by atomic mass is 32.2. The molecule has 0 aromatic carbocycles. The standard InChI is InChI=1S/C14H14N4S3/c1-18-12(9-2-3-9)16-17-14(18)21-8-11-7-20-13(15-11)10-4-5-19-6-10/h4-7,9H,2-3,8H2,1H3. The summed E-state index contributed by atoms with van der Waals surface area (Å²) in [5.41, 5.74) is 2.33. The van der Waals surface area contributed by atoms with E-state index in [2.05, 4.69) is 44.0 Å². The van der Waals surface area contributed by atoms with Gasteiger partial charge in [-0.1, -0.05) is 11.8 Å². The van der Waals surface area contributed by atoms with Gasteiger partial charge in [-0.25, -0.2) is 4.98 Å². The molecule has 1 saturated carbocycles. The van der Waals surface area contributed by atoms with Crippen LogP contribution in [0, 0.1) is 0 Å². The fourth-order valence-corrected chi connectivity index (χ4v) is 4.63. The summed E-state index contributed by atoms with van der Waals surface area (Å²) < 4.78 is 2.13. The van der Waals surface area contributed by atoms with Crippen molar-refractivity contribution < 1.29 is 0 Å².